The Morgan fingerprint density at radius 2 is 1.62 bits per heavy atom. The molecule has 0 saturated carbocycles. The third-order valence-corrected chi connectivity index (χ3v) is 5.31. The van der Waals surface area contributed by atoms with Crippen molar-refractivity contribution in [3.05, 3.63) is 89.6 Å². The van der Waals surface area contributed by atoms with Gasteiger partial charge in [0.25, 0.3) is 0 Å². The van der Waals surface area contributed by atoms with Crippen LogP contribution in [0.3, 0.4) is 0 Å². The molecule has 5 rings (SSSR count). The molecule has 0 amide bonds. The number of nitrogens with zero attached hydrogens (tertiary/aromatic N) is 3. The summed E-state index contributed by atoms with van der Waals surface area (Å²) in [5.74, 6) is -1.32. The smallest absolute Gasteiger partial charge is 0.152 e. The minimum Gasteiger partial charge on any atom is -0.252 e. The molecule has 0 N–H and O–H groups in total. The van der Waals surface area contributed by atoms with E-state index in [-0.39, 0.29) is 5.52 Å². The number of halogens is 2. The lowest BCUT2D eigenvalue weighted by Crippen LogP contribution is -1.99. The summed E-state index contributed by atoms with van der Waals surface area (Å²) in [5, 5.41) is 5.98. The van der Waals surface area contributed by atoms with Crippen LogP contribution in [0.15, 0.2) is 66.9 Å². The van der Waals surface area contributed by atoms with Crippen LogP contribution in [0, 0.1) is 25.5 Å². The third-order valence-electron chi connectivity index (χ3n) is 5.31. The highest BCUT2D eigenvalue weighted by molar-refractivity contribution is 6.08. The highest BCUT2D eigenvalue weighted by Gasteiger charge is 2.19. The van der Waals surface area contributed by atoms with Gasteiger partial charge in [-0.2, -0.15) is 5.10 Å². The van der Waals surface area contributed by atoms with Crippen molar-refractivity contribution >= 4 is 21.8 Å². The molecule has 0 aliphatic carbocycles. The number of aryl methyl sites for hydroxylation is 2. The normalized spacial score (nSPS) is 11.4. The average molecular weight is 385 g/mol. The van der Waals surface area contributed by atoms with Gasteiger partial charge < -0.3 is 0 Å². The van der Waals surface area contributed by atoms with Crippen molar-refractivity contribution < 1.29 is 8.78 Å². The van der Waals surface area contributed by atoms with Crippen LogP contribution in [0.4, 0.5) is 8.78 Å². The van der Waals surface area contributed by atoms with Crippen LogP contribution < -0.4 is 0 Å². The quantitative estimate of drug-likeness (QED) is 0.366. The second-order valence-electron chi connectivity index (χ2n) is 7.20. The van der Waals surface area contributed by atoms with Crippen LogP contribution in [-0.2, 0) is 0 Å². The maximum absolute atomic E-state index is 14.4. The van der Waals surface area contributed by atoms with Gasteiger partial charge >= 0.3 is 0 Å². The highest BCUT2D eigenvalue weighted by Crippen LogP contribution is 2.34. The summed E-state index contributed by atoms with van der Waals surface area (Å²) < 4.78 is 30.3. The summed E-state index contributed by atoms with van der Waals surface area (Å²) >= 11 is 0. The van der Waals surface area contributed by atoms with Crippen LogP contribution in [0.1, 0.15) is 11.1 Å². The van der Waals surface area contributed by atoms with E-state index in [1.165, 1.54) is 6.07 Å². The maximum atomic E-state index is 14.4. The second kappa shape index (κ2) is 6.48. The van der Waals surface area contributed by atoms with Gasteiger partial charge in [0.05, 0.1) is 11.2 Å². The lowest BCUT2D eigenvalue weighted by Gasteiger charge is -2.09. The van der Waals surface area contributed by atoms with E-state index in [1.54, 1.807) is 10.9 Å². The number of pyridine rings is 1. The van der Waals surface area contributed by atoms with Gasteiger partial charge in [-0.15, -0.1) is 0 Å². The number of fused-ring (bicyclic) bond motifs is 3. The molecule has 0 spiro atoms. The first-order valence-electron chi connectivity index (χ1n) is 9.32. The second-order valence-corrected chi connectivity index (χ2v) is 7.20. The molecule has 0 atom stereocenters. The van der Waals surface area contributed by atoms with E-state index >= 15 is 0 Å². The number of benzene rings is 3. The first-order chi connectivity index (χ1) is 14.0. The number of aromatic nitrogens is 3. The SMILES string of the molecule is Cc1ccc(-n2nc(-c3ccccc3)c3cnc4c(F)cc(F)cc4c32)cc1C. The van der Waals surface area contributed by atoms with Crippen molar-refractivity contribution in [3.8, 4) is 16.9 Å². The molecule has 2 heterocycles. The summed E-state index contributed by atoms with van der Waals surface area (Å²) in [5.41, 5.74) is 5.51. The van der Waals surface area contributed by atoms with Crippen molar-refractivity contribution in [3.63, 3.8) is 0 Å². The Balaban J connectivity index is 1.94. The van der Waals surface area contributed by atoms with E-state index in [4.69, 9.17) is 5.10 Å². The summed E-state index contributed by atoms with van der Waals surface area (Å²) in [6, 6.07) is 17.9. The van der Waals surface area contributed by atoms with Crippen molar-refractivity contribution in [1.82, 2.24) is 14.8 Å². The summed E-state index contributed by atoms with van der Waals surface area (Å²) in [6.07, 6.45) is 1.62. The Labute approximate surface area is 166 Å². The lowest BCUT2D eigenvalue weighted by molar-refractivity contribution is 0.590. The number of hydrogen-bond acceptors (Lipinski definition) is 2. The topological polar surface area (TPSA) is 30.7 Å². The van der Waals surface area contributed by atoms with Gasteiger partial charge in [-0.3, -0.25) is 4.98 Å². The van der Waals surface area contributed by atoms with Crippen LogP contribution >= 0.6 is 0 Å². The van der Waals surface area contributed by atoms with Gasteiger partial charge in [0, 0.05) is 28.6 Å². The zero-order valence-corrected chi connectivity index (χ0v) is 15.9. The molecule has 3 aromatic carbocycles. The van der Waals surface area contributed by atoms with Gasteiger partial charge in [0.2, 0.25) is 0 Å². The molecule has 142 valence electrons. The van der Waals surface area contributed by atoms with E-state index in [0.717, 1.165) is 39.5 Å². The largest absolute Gasteiger partial charge is 0.252 e. The van der Waals surface area contributed by atoms with Crippen molar-refractivity contribution in [2.24, 2.45) is 0 Å². The molecule has 0 bridgehead atoms. The minimum atomic E-state index is -0.684. The molecule has 2 aromatic heterocycles. The van der Waals surface area contributed by atoms with Crippen LogP contribution in [0.5, 0.6) is 0 Å². The molecule has 0 aliphatic rings. The molecular formula is C24H17F2N3. The molecule has 0 saturated heterocycles. The summed E-state index contributed by atoms with van der Waals surface area (Å²) in [4.78, 5) is 4.28. The zero-order chi connectivity index (χ0) is 20.1. The molecule has 5 aromatic rings. The van der Waals surface area contributed by atoms with E-state index < -0.39 is 11.6 Å². The standard InChI is InChI=1S/C24H17F2N3/c1-14-8-9-18(10-15(14)2)29-24-19-11-17(25)12-21(26)23(19)27-13-20(24)22(28-29)16-6-4-3-5-7-16/h3-13H,1-2H3. The first-order valence-corrected chi connectivity index (χ1v) is 9.32. The first kappa shape index (κ1) is 17.5. The molecule has 29 heavy (non-hydrogen) atoms. The fourth-order valence-electron chi connectivity index (χ4n) is 3.67. The minimum absolute atomic E-state index is 0.128. The van der Waals surface area contributed by atoms with Crippen LogP contribution in [0.25, 0.3) is 38.8 Å². The predicted molar refractivity (Wildman–Crippen MR) is 111 cm³/mol. The zero-order valence-electron chi connectivity index (χ0n) is 15.9. The molecule has 0 unspecified atom stereocenters. The van der Waals surface area contributed by atoms with Crippen molar-refractivity contribution in [2.75, 3.05) is 0 Å². The fourth-order valence-corrected chi connectivity index (χ4v) is 3.67. The Morgan fingerprint density at radius 3 is 2.38 bits per heavy atom. The molecular weight excluding hydrogens is 368 g/mol. The van der Waals surface area contributed by atoms with Gasteiger partial charge in [-0.05, 0) is 43.2 Å². The van der Waals surface area contributed by atoms with E-state index in [2.05, 4.69) is 4.98 Å². The van der Waals surface area contributed by atoms with E-state index in [1.807, 2.05) is 62.4 Å². The van der Waals surface area contributed by atoms with E-state index in [9.17, 15) is 8.78 Å². The fraction of sp³-hybridized carbons (Fsp3) is 0.0833. The lowest BCUT2D eigenvalue weighted by atomic mass is 10.1. The van der Waals surface area contributed by atoms with Gasteiger partial charge in [-0.25, -0.2) is 13.5 Å². The number of hydrogen-bond donors (Lipinski definition) is 0. The van der Waals surface area contributed by atoms with E-state index in [0.29, 0.717) is 10.9 Å². The Morgan fingerprint density at radius 1 is 0.828 bits per heavy atom. The molecule has 3 nitrogen and oxygen atoms in total. The Bertz CT molecular complexity index is 1390. The molecule has 5 heteroatoms. The maximum Gasteiger partial charge on any atom is 0.152 e. The van der Waals surface area contributed by atoms with Crippen molar-refractivity contribution in [1.29, 1.82) is 0 Å². The molecule has 0 fully saturated rings. The Hall–Kier alpha value is -3.60. The summed E-state index contributed by atoms with van der Waals surface area (Å²) in [6.45, 7) is 4.07. The molecule has 0 radical (unpaired) electrons. The Kier molecular flexibility index (Phi) is 3.91. The monoisotopic (exact) mass is 385 g/mol. The highest BCUT2D eigenvalue weighted by atomic mass is 19.1. The molecule has 0 aliphatic heterocycles. The van der Waals surface area contributed by atoms with Gasteiger partial charge in [-0.1, -0.05) is 36.4 Å². The third kappa shape index (κ3) is 2.78. The number of rotatable bonds is 2. The van der Waals surface area contributed by atoms with Gasteiger partial charge in [0.1, 0.15) is 17.0 Å². The average Bonchev–Trinajstić information content (AvgIpc) is 3.11. The van der Waals surface area contributed by atoms with Crippen LogP contribution in [0.2, 0.25) is 0 Å². The van der Waals surface area contributed by atoms with Gasteiger partial charge in [0.15, 0.2) is 5.82 Å². The van der Waals surface area contributed by atoms with Crippen molar-refractivity contribution in [2.45, 2.75) is 13.8 Å². The summed E-state index contributed by atoms with van der Waals surface area (Å²) in [7, 11) is 0. The predicted octanol–water partition coefficient (Wildman–Crippen LogP) is 6.14. The van der Waals surface area contributed by atoms with Crippen LogP contribution in [-0.4, -0.2) is 14.8 Å².